The Hall–Kier alpha value is -3.90. The van der Waals surface area contributed by atoms with Gasteiger partial charge in [0.2, 0.25) is 5.95 Å². The molecule has 4 rings (SSSR count). The molecule has 0 saturated carbocycles. The van der Waals surface area contributed by atoms with Gasteiger partial charge in [-0.25, -0.2) is 4.98 Å². The van der Waals surface area contributed by atoms with Crippen LogP contribution in [0.4, 0.5) is 11.6 Å². The van der Waals surface area contributed by atoms with Gasteiger partial charge in [0.05, 0.1) is 28.4 Å². The van der Waals surface area contributed by atoms with Crippen molar-refractivity contribution in [3.8, 4) is 11.8 Å². The average molecular weight is 419 g/mol. The summed E-state index contributed by atoms with van der Waals surface area (Å²) < 4.78 is 12.9. The highest BCUT2D eigenvalue weighted by Gasteiger charge is 2.21. The van der Waals surface area contributed by atoms with E-state index < -0.39 is 0 Å². The van der Waals surface area contributed by atoms with Crippen molar-refractivity contribution in [1.29, 1.82) is 5.26 Å². The van der Waals surface area contributed by atoms with Gasteiger partial charge in [-0.15, -0.1) is 0 Å². The largest absolute Gasteiger partial charge is 0.482 e. The zero-order valence-corrected chi connectivity index (χ0v) is 17.0. The SMILES string of the molecule is CCOCCCn1c(NC(=O)c2ccc(C#N)cc2)nc2cc3c(cc21)OCC(=O)N3. The summed E-state index contributed by atoms with van der Waals surface area (Å²) >= 11 is 0. The number of aryl methyl sites for hydroxylation is 1. The number of nitrogens with one attached hydrogen (secondary N) is 2. The lowest BCUT2D eigenvalue weighted by molar-refractivity contribution is -0.118. The molecule has 0 atom stereocenters. The van der Waals surface area contributed by atoms with E-state index in [0.717, 1.165) is 11.9 Å². The van der Waals surface area contributed by atoms with Gasteiger partial charge in [-0.1, -0.05) is 0 Å². The lowest BCUT2D eigenvalue weighted by atomic mass is 10.1. The number of carbonyl (C=O) groups excluding carboxylic acids is 2. The van der Waals surface area contributed by atoms with Crippen LogP contribution in [0.2, 0.25) is 0 Å². The first kappa shape index (κ1) is 20.4. The second-order valence-corrected chi connectivity index (χ2v) is 6.95. The fourth-order valence-corrected chi connectivity index (χ4v) is 3.36. The van der Waals surface area contributed by atoms with Crippen molar-refractivity contribution in [2.45, 2.75) is 19.9 Å². The van der Waals surface area contributed by atoms with Gasteiger partial charge in [0.25, 0.3) is 11.8 Å². The molecular weight excluding hydrogens is 398 g/mol. The second kappa shape index (κ2) is 8.85. The topological polar surface area (TPSA) is 118 Å². The molecule has 9 nitrogen and oxygen atoms in total. The van der Waals surface area contributed by atoms with Crippen molar-refractivity contribution in [3.05, 3.63) is 47.5 Å². The predicted octanol–water partition coefficient (Wildman–Crippen LogP) is 2.92. The molecule has 0 unspecified atom stereocenters. The molecule has 31 heavy (non-hydrogen) atoms. The van der Waals surface area contributed by atoms with Crippen LogP contribution in [-0.2, 0) is 16.1 Å². The molecule has 2 heterocycles. The van der Waals surface area contributed by atoms with E-state index in [1.165, 1.54) is 0 Å². The van der Waals surface area contributed by atoms with Crippen molar-refractivity contribution >= 4 is 34.5 Å². The summed E-state index contributed by atoms with van der Waals surface area (Å²) in [5.41, 5.74) is 2.85. The van der Waals surface area contributed by atoms with Crippen LogP contribution in [0.3, 0.4) is 0 Å². The summed E-state index contributed by atoms with van der Waals surface area (Å²) in [6.45, 7) is 3.68. The zero-order chi connectivity index (χ0) is 21.8. The lowest BCUT2D eigenvalue weighted by Gasteiger charge is -2.18. The minimum Gasteiger partial charge on any atom is -0.482 e. The first-order valence-electron chi connectivity index (χ1n) is 9.95. The molecule has 0 saturated heterocycles. The summed E-state index contributed by atoms with van der Waals surface area (Å²) in [4.78, 5) is 29.0. The van der Waals surface area contributed by atoms with Crippen LogP contribution < -0.4 is 15.4 Å². The van der Waals surface area contributed by atoms with Crippen LogP contribution in [0.1, 0.15) is 29.3 Å². The quantitative estimate of drug-likeness (QED) is 0.569. The highest BCUT2D eigenvalue weighted by atomic mass is 16.5. The van der Waals surface area contributed by atoms with Gasteiger partial charge in [0.1, 0.15) is 5.75 Å². The third-order valence-electron chi connectivity index (χ3n) is 4.86. The van der Waals surface area contributed by atoms with Gasteiger partial charge in [-0.05, 0) is 43.7 Å². The summed E-state index contributed by atoms with van der Waals surface area (Å²) in [7, 11) is 0. The number of amides is 2. The standard InChI is InChI=1S/C22H21N5O4/c1-2-30-9-3-8-27-18-11-19-17(24-20(28)13-31-19)10-16(18)25-22(27)26-21(29)15-6-4-14(12-23)5-7-15/h4-7,10-11H,2-3,8-9,13H2,1H3,(H,24,28)(H,25,26,29). The first-order chi connectivity index (χ1) is 15.1. The maximum atomic E-state index is 12.8. The number of benzene rings is 2. The van der Waals surface area contributed by atoms with Gasteiger partial charge < -0.3 is 19.4 Å². The average Bonchev–Trinajstić information content (AvgIpc) is 3.10. The number of rotatable bonds is 7. The van der Waals surface area contributed by atoms with Crippen LogP contribution in [0.15, 0.2) is 36.4 Å². The molecule has 0 fully saturated rings. The molecule has 0 spiro atoms. The zero-order valence-electron chi connectivity index (χ0n) is 17.0. The summed E-state index contributed by atoms with van der Waals surface area (Å²) in [6.07, 6.45) is 0.730. The minimum atomic E-state index is -0.333. The number of ether oxygens (including phenoxy) is 2. The fourth-order valence-electron chi connectivity index (χ4n) is 3.36. The third-order valence-corrected chi connectivity index (χ3v) is 4.86. The van der Waals surface area contributed by atoms with E-state index in [9.17, 15) is 9.59 Å². The number of carbonyl (C=O) groups is 2. The third kappa shape index (κ3) is 4.34. The Kier molecular flexibility index (Phi) is 5.82. The molecule has 1 aliphatic heterocycles. The van der Waals surface area contributed by atoms with E-state index in [0.29, 0.717) is 53.8 Å². The fraction of sp³-hybridized carbons (Fsp3) is 0.273. The predicted molar refractivity (Wildman–Crippen MR) is 114 cm³/mol. The van der Waals surface area contributed by atoms with Crippen LogP contribution >= 0.6 is 0 Å². The number of hydrogen-bond acceptors (Lipinski definition) is 6. The highest BCUT2D eigenvalue weighted by Crippen LogP contribution is 2.34. The van der Waals surface area contributed by atoms with Crippen LogP contribution in [0, 0.1) is 11.3 Å². The van der Waals surface area contributed by atoms with Crippen LogP contribution in [0.5, 0.6) is 5.75 Å². The minimum absolute atomic E-state index is 0.0424. The number of hydrogen-bond donors (Lipinski definition) is 2. The number of anilines is 2. The highest BCUT2D eigenvalue weighted by molar-refractivity contribution is 6.04. The smallest absolute Gasteiger partial charge is 0.262 e. The van der Waals surface area contributed by atoms with Gasteiger partial charge >= 0.3 is 0 Å². The van der Waals surface area contributed by atoms with Gasteiger partial charge in [-0.2, -0.15) is 5.26 Å². The number of nitriles is 1. The van der Waals surface area contributed by atoms with Crippen molar-refractivity contribution < 1.29 is 19.1 Å². The van der Waals surface area contributed by atoms with Crippen molar-refractivity contribution in [2.75, 3.05) is 30.5 Å². The Morgan fingerprint density at radius 3 is 2.90 bits per heavy atom. The molecule has 1 aromatic heterocycles. The number of fused-ring (bicyclic) bond motifs is 2. The number of aromatic nitrogens is 2. The molecule has 2 aromatic carbocycles. The Morgan fingerprint density at radius 2 is 2.16 bits per heavy atom. The second-order valence-electron chi connectivity index (χ2n) is 6.95. The van der Waals surface area contributed by atoms with Crippen LogP contribution in [0.25, 0.3) is 11.0 Å². The molecule has 0 bridgehead atoms. The Labute approximate surface area is 178 Å². The van der Waals surface area contributed by atoms with E-state index >= 15 is 0 Å². The maximum Gasteiger partial charge on any atom is 0.262 e. The van der Waals surface area contributed by atoms with Crippen molar-refractivity contribution in [2.24, 2.45) is 0 Å². The Balaban J connectivity index is 1.67. The Bertz CT molecular complexity index is 1180. The Morgan fingerprint density at radius 1 is 1.35 bits per heavy atom. The van der Waals surface area contributed by atoms with E-state index in [4.69, 9.17) is 14.7 Å². The molecule has 0 radical (unpaired) electrons. The molecule has 0 aliphatic carbocycles. The van der Waals surface area contributed by atoms with E-state index in [2.05, 4.69) is 15.6 Å². The maximum absolute atomic E-state index is 12.8. The molecular formula is C22H21N5O4. The van der Waals surface area contributed by atoms with Crippen molar-refractivity contribution in [1.82, 2.24) is 9.55 Å². The molecule has 3 aromatic rings. The van der Waals surface area contributed by atoms with Gasteiger partial charge in [0, 0.05) is 31.4 Å². The molecule has 9 heteroatoms. The van der Waals surface area contributed by atoms with E-state index in [-0.39, 0.29) is 18.4 Å². The first-order valence-corrected chi connectivity index (χ1v) is 9.95. The van der Waals surface area contributed by atoms with E-state index in [1.54, 1.807) is 30.3 Å². The summed E-state index contributed by atoms with van der Waals surface area (Å²) in [5.74, 6) is 0.384. The molecule has 1 aliphatic rings. The van der Waals surface area contributed by atoms with Crippen LogP contribution in [-0.4, -0.2) is 41.2 Å². The lowest BCUT2D eigenvalue weighted by Crippen LogP contribution is -2.25. The summed E-state index contributed by atoms with van der Waals surface area (Å²) in [6, 6.07) is 12.0. The monoisotopic (exact) mass is 419 g/mol. The van der Waals surface area contributed by atoms with Gasteiger partial charge in [0.15, 0.2) is 6.61 Å². The number of imidazole rings is 1. The number of nitrogens with zero attached hydrogens (tertiary/aromatic N) is 3. The normalized spacial score (nSPS) is 12.6. The van der Waals surface area contributed by atoms with Gasteiger partial charge in [-0.3, -0.25) is 14.9 Å². The molecule has 2 amide bonds. The molecule has 2 N–H and O–H groups in total. The molecule has 158 valence electrons. The van der Waals surface area contributed by atoms with Crippen molar-refractivity contribution in [3.63, 3.8) is 0 Å². The summed E-state index contributed by atoms with van der Waals surface area (Å²) in [5, 5.41) is 14.6. The van der Waals surface area contributed by atoms with E-state index in [1.807, 2.05) is 23.6 Å².